The first-order chi connectivity index (χ1) is 28.3. The number of phosphoric ester groups is 1. The molecule has 0 saturated heterocycles. The van der Waals surface area contributed by atoms with Crippen molar-refractivity contribution in [2.45, 2.75) is 174 Å². The number of carbonyl (C=O) groups excluding carboxylic acids is 2. The number of likely N-dealkylation sites (N-methyl/N-ethyl adjacent to an activating group) is 1. The molecule has 0 radical (unpaired) electrons. The van der Waals surface area contributed by atoms with Crippen molar-refractivity contribution in [3.05, 3.63) is 85.1 Å². The Labute approximate surface area is 354 Å². The zero-order valence-electron chi connectivity index (χ0n) is 36.7. The van der Waals surface area contributed by atoms with Gasteiger partial charge in [0.1, 0.15) is 6.61 Å². The van der Waals surface area contributed by atoms with E-state index in [9.17, 15) is 19.0 Å². The van der Waals surface area contributed by atoms with Gasteiger partial charge in [0.2, 0.25) is 0 Å². The van der Waals surface area contributed by atoms with Gasteiger partial charge in [0.25, 0.3) is 0 Å². The maximum atomic E-state index is 12.6. The third-order valence-electron chi connectivity index (χ3n) is 9.00. The molecule has 58 heavy (non-hydrogen) atoms. The van der Waals surface area contributed by atoms with E-state index >= 15 is 0 Å². The molecule has 0 aromatic rings. The third-order valence-corrected chi connectivity index (χ3v) is 9.98. The summed E-state index contributed by atoms with van der Waals surface area (Å²) >= 11 is 0. The van der Waals surface area contributed by atoms with Crippen LogP contribution in [0, 0.1) is 0 Å². The standard InChI is InChI=1S/C48H82NO8P/c1-4-6-8-10-12-14-16-18-20-22-23-25-27-29-31-33-35-37-39-41-48(51)57-46(45-56-58(52,53)55-43-42-49-3)44-54-47(50)40-38-36-34-32-30-28-26-24-21-19-17-15-13-11-9-7-5-2/h6,8,12-15,18-21,23,25,29,31,46,49H,4-5,7,9-11,16-17,22,24,26-28,30,32-45H2,1-3H3,(H,52,53)/b8-6-,14-12-,15-13-,20-18-,21-19-,25-23-,31-29-. The number of allylic oxidation sites excluding steroid dienone is 14. The highest BCUT2D eigenvalue weighted by Gasteiger charge is 2.26. The second kappa shape index (κ2) is 43.8. The molecule has 0 bridgehead atoms. The van der Waals surface area contributed by atoms with Gasteiger partial charge in [-0.3, -0.25) is 18.6 Å². The van der Waals surface area contributed by atoms with Gasteiger partial charge in [0.05, 0.1) is 13.2 Å². The highest BCUT2D eigenvalue weighted by Crippen LogP contribution is 2.43. The zero-order chi connectivity index (χ0) is 42.5. The fourth-order valence-electron chi connectivity index (χ4n) is 5.61. The van der Waals surface area contributed by atoms with Crippen molar-refractivity contribution in [2.75, 3.05) is 33.4 Å². The molecule has 2 atom stereocenters. The molecule has 0 aromatic carbocycles. The van der Waals surface area contributed by atoms with Gasteiger partial charge in [-0.2, -0.15) is 0 Å². The van der Waals surface area contributed by atoms with Crippen LogP contribution >= 0.6 is 7.82 Å². The van der Waals surface area contributed by atoms with Crippen LogP contribution in [0.4, 0.5) is 0 Å². The van der Waals surface area contributed by atoms with Gasteiger partial charge in [-0.25, -0.2) is 4.57 Å². The molecule has 2 unspecified atom stereocenters. The van der Waals surface area contributed by atoms with Crippen LogP contribution < -0.4 is 5.32 Å². The minimum absolute atomic E-state index is 0.0297. The van der Waals surface area contributed by atoms with Crippen LogP contribution in [0.2, 0.25) is 0 Å². The molecule has 0 heterocycles. The van der Waals surface area contributed by atoms with Gasteiger partial charge in [0.15, 0.2) is 6.10 Å². The summed E-state index contributed by atoms with van der Waals surface area (Å²) in [4.78, 5) is 35.1. The molecule has 0 aromatic heterocycles. The van der Waals surface area contributed by atoms with Crippen molar-refractivity contribution in [2.24, 2.45) is 0 Å². The van der Waals surface area contributed by atoms with Crippen LogP contribution in [-0.2, 0) is 32.7 Å². The number of unbranched alkanes of at least 4 members (excludes halogenated alkanes) is 13. The van der Waals surface area contributed by atoms with Crippen LogP contribution in [0.5, 0.6) is 0 Å². The molecule has 0 aliphatic rings. The molecule has 0 saturated carbocycles. The molecule has 0 aliphatic heterocycles. The van der Waals surface area contributed by atoms with Crippen molar-refractivity contribution in [3.8, 4) is 0 Å². The van der Waals surface area contributed by atoms with Crippen LogP contribution in [0.3, 0.4) is 0 Å². The lowest BCUT2D eigenvalue weighted by Gasteiger charge is -2.20. The monoisotopic (exact) mass is 832 g/mol. The summed E-state index contributed by atoms with van der Waals surface area (Å²) in [5.41, 5.74) is 0. The lowest BCUT2D eigenvalue weighted by atomic mass is 10.1. The maximum absolute atomic E-state index is 12.6. The Morgan fingerprint density at radius 3 is 1.48 bits per heavy atom. The first-order valence-electron chi connectivity index (χ1n) is 22.5. The summed E-state index contributed by atoms with van der Waals surface area (Å²) in [7, 11) is -2.68. The van der Waals surface area contributed by atoms with Gasteiger partial charge in [-0.05, 0) is 96.9 Å². The molecule has 0 rings (SSSR count). The minimum Gasteiger partial charge on any atom is -0.462 e. The number of rotatable bonds is 41. The number of ether oxygens (including phenoxy) is 2. The van der Waals surface area contributed by atoms with E-state index < -0.39 is 32.5 Å². The number of hydrogen-bond acceptors (Lipinski definition) is 8. The third kappa shape index (κ3) is 42.8. The molecule has 332 valence electrons. The Morgan fingerprint density at radius 1 is 0.552 bits per heavy atom. The quantitative estimate of drug-likeness (QED) is 0.0268. The average Bonchev–Trinajstić information content (AvgIpc) is 3.21. The van der Waals surface area contributed by atoms with Gasteiger partial charge >= 0.3 is 19.8 Å². The van der Waals surface area contributed by atoms with Crippen molar-refractivity contribution in [1.82, 2.24) is 5.32 Å². The first-order valence-corrected chi connectivity index (χ1v) is 24.0. The Bertz CT molecular complexity index is 1220. The van der Waals surface area contributed by atoms with E-state index in [1.807, 2.05) is 0 Å². The molecule has 2 N–H and O–H groups in total. The predicted molar refractivity (Wildman–Crippen MR) is 243 cm³/mol. The minimum atomic E-state index is -4.37. The highest BCUT2D eigenvalue weighted by molar-refractivity contribution is 7.47. The van der Waals surface area contributed by atoms with E-state index in [2.05, 4.69) is 104 Å². The van der Waals surface area contributed by atoms with Crippen molar-refractivity contribution < 1.29 is 37.6 Å². The fraction of sp³-hybridized carbons (Fsp3) is 0.667. The predicted octanol–water partition coefficient (Wildman–Crippen LogP) is 13.1. The molecular weight excluding hydrogens is 750 g/mol. The fourth-order valence-corrected chi connectivity index (χ4v) is 6.36. The van der Waals surface area contributed by atoms with Crippen LogP contribution in [0.25, 0.3) is 0 Å². The molecule has 9 nitrogen and oxygen atoms in total. The first kappa shape index (κ1) is 55.2. The van der Waals surface area contributed by atoms with E-state index in [1.54, 1.807) is 7.05 Å². The van der Waals surface area contributed by atoms with Crippen LogP contribution in [0.1, 0.15) is 168 Å². The van der Waals surface area contributed by atoms with Gasteiger partial charge < -0.3 is 19.7 Å². The Kier molecular flexibility index (Phi) is 41.6. The van der Waals surface area contributed by atoms with Crippen LogP contribution in [-0.4, -0.2) is 56.3 Å². The number of carbonyl (C=O) groups is 2. The molecule has 0 aliphatic carbocycles. The summed E-state index contributed by atoms with van der Waals surface area (Å²) in [6.45, 7) is 4.02. The molecular formula is C48H82NO8P. The lowest BCUT2D eigenvalue weighted by Crippen LogP contribution is -2.29. The van der Waals surface area contributed by atoms with E-state index in [0.717, 1.165) is 89.9 Å². The summed E-state index contributed by atoms with van der Waals surface area (Å²) < 4.78 is 33.2. The van der Waals surface area contributed by atoms with Gasteiger partial charge in [-0.15, -0.1) is 0 Å². The van der Waals surface area contributed by atoms with Crippen molar-refractivity contribution in [3.63, 3.8) is 0 Å². The van der Waals surface area contributed by atoms with E-state index in [1.165, 1.54) is 44.9 Å². The second-order valence-electron chi connectivity index (χ2n) is 14.5. The molecule has 10 heteroatoms. The summed E-state index contributed by atoms with van der Waals surface area (Å²) in [6, 6.07) is 0. The number of hydrogen-bond donors (Lipinski definition) is 2. The highest BCUT2D eigenvalue weighted by atomic mass is 31.2. The Balaban J connectivity index is 4.30. The largest absolute Gasteiger partial charge is 0.472 e. The van der Waals surface area contributed by atoms with E-state index in [-0.39, 0.29) is 26.1 Å². The van der Waals surface area contributed by atoms with Gasteiger partial charge in [-0.1, -0.05) is 150 Å². The SMILES string of the molecule is CC/C=C\C/C=C\C/C=C\C/C=C\C/C=C\CCCCCC(=O)OC(COC(=O)CCCCCCCCC/C=C\C/C=C\CCCCC)COP(=O)(O)OCCNC. The Hall–Kier alpha value is -2.81. The van der Waals surface area contributed by atoms with Crippen LogP contribution in [0.15, 0.2) is 85.1 Å². The Morgan fingerprint density at radius 2 is 0.983 bits per heavy atom. The topological polar surface area (TPSA) is 120 Å². The summed E-state index contributed by atoms with van der Waals surface area (Å²) in [5.74, 6) is -0.860. The number of esters is 2. The summed E-state index contributed by atoms with van der Waals surface area (Å²) in [5, 5.41) is 2.82. The van der Waals surface area contributed by atoms with E-state index in [4.69, 9.17) is 18.5 Å². The maximum Gasteiger partial charge on any atom is 0.472 e. The normalized spacial score (nSPS) is 14.1. The molecule has 0 fully saturated rings. The van der Waals surface area contributed by atoms with Gasteiger partial charge in [0, 0.05) is 19.4 Å². The molecule has 0 amide bonds. The number of phosphoric acid groups is 1. The van der Waals surface area contributed by atoms with E-state index in [0.29, 0.717) is 13.0 Å². The van der Waals surface area contributed by atoms with Crippen molar-refractivity contribution >= 4 is 19.8 Å². The smallest absolute Gasteiger partial charge is 0.462 e. The number of nitrogens with one attached hydrogen (secondary N) is 1. The summed E-state index contributed by atoms with van der Waals surface area (Å²) in [6.07, 6.45) is 53.4. The zero-order valence-corrected chi connectivity index (χ0v) is 37.6. The lowest BCUT2D eigenvalue weighted by molar-refractivity contribution is -0.161. The second-order valence-corrected chi connectivity index (χ2v) is 15.9. The molecule has 0 spiro atoms. The average molecular weight is 832 g/mol. The van der Waals surface area contributed by atoms with Crippen molar-refractivity contribution in [1.29, 1.82) is 0 Å².